The number of carbonyl (C=O) groups is 1. The fourth-order valence-electron chi connectivity index (χ4n) is 1.53. The molecule has 0 aromatic carbocycles. The number of nitrogens with zero attached hydrogens (tertiary/aromatic N) is 3. The Morgan fingerprint density at radius 3 is 2.33 bits per heavy atom. The highest BCUT2D eigenvalue weighted by Gasteiger charge is 2.02. The monoisotopic (exact) mass is 211 g/mol. The molecule has 0 saturated carbocycles. The van der Waals surface area contributed by atoms with Crippen molar-refractivity contribution >= 4 is 6.29 Å². The highest BCUT2D eigenvalue weighted by Crippen LogP contribution is 2.10. The molecule has 0 aliphatic heterocycles. The molecule has 4 heteroatoms. The summed E-state index contributed by atoms with van der Waals surface area (Å²) in [6.07, 6.45) is 9.94. The number of unbranched alkanes of at least 4 members (excludes halogenated alkanes) is 6. The second-order valence-electron chi connectivity index (χ2n) is 3.82. The number of azide groups is 1. The fourth-order valence-corrected chi connectivity index (χ4v) is 1.53. The maximum Gasteiger partial charge on any atom is 0.128 e. The minimum atomic E-state index is -0.453. The maximum atomic E-state index is 10.4. The lowest BCUT2D eigenvalue weighted by molar-refractivity contribution is -0.109. The zero-order chi connectivity index (χ0) is 11.4. The molecule has 0 aliphatic carbocycles. The van der Waals surface area contributed by atoms with E-state index in [0.29, 0.717) is 6.42 Å². The molecule has 0 fully saturated rings. The summed E-state index contributed by atoms with van der Waals surface area (Å²) in [5.41, 5.74) is 8.17. The van der Waals surface area contributed by atoms with Gasteiger partial charge in [0.05, 0.1) is 6.04 Å². The van der Waals surface area contributed by atoms with Crippen molar-refractivity contribution in [1.29, 1.82) is 0 Å². The quantitative estimate of drug-likeness (QED) is 0.177. The molecule has 0 amide bonds. The van der Waals surface area contributed by atoms with Gasteiger partial charge >= 0.3 is 0 Å². The minimum Gasteiger partial charge on any atom is -0.303 e. The molecule has 0 aromatic rings. The van der Waals surface area contributed by atoms with Crippen molar-refractivity contribution in [3.63, 3.8) is 0 Å². The van der Waals surface area contributed by atoms with E-state index in [1.807, 2.05) is 0 Å². The second kappa shape index (κ2) is 11.1. The largest absolute Gasteiger partial charge is 0.303 e. The number of rotatable bonds is 10. The maximum absolute atomic E-state index is 10.4. The average Bonchev–Trinajstić information content (AvgIpc) is 2.26. The van der Waals surface area contributed by atoms with Crippen LogP contribution in [0.1, 0.15) is 58.3 Å². The van der Waals surface area contributed by atoms with E-state index in [0.717, 1.165) is 19.1 Å². The van der Waals surface area contributed by atoms with Crippen LogP contribution in [0.2, 0.25) is 0 Å². The van der Waals surface area contributed by atoms with E-state index in [1.165, 1.54) is 32.1 Å². The molecular formula is C11H21N3O. The first-order valence-electron chi connectivity index (χ1n) is 5.84. The third kappa shape index (κ3) is 9.29. The van der Waals surface area contributed by atoms with Crippen LogP contribution in [0.25, 0.3) is 10.4 Å². The van der Waals surface area contributed by atoms with Crippen molar-refractivity contribution in [2.24, 2.45) is 5.11 Å². The van der Waals surface area contributed by atoms with Gasteiger partial charge in [0.25, 0.3) is 0 Å². The smallest absolute Gasteiger partial charge is 0.128 e. The van der Waals surface area contributed by atoms with Gasteiger partial charge in [-0.15, -0.1) is 0 Å². The standard InChI is InChI=1S/C11H21N3O/c1-2-3-4-5-6-7-8-9-11(10-15)13-14-12/h10-11H,2-9H2,1H3. The van der Waals surface area contributed by atoms with Crippen molar-refractivity contribution in [2.75, 3.05) is 0 Å². The summed E-state index contributed by atoms with van der Waals surface area (Å²) in [5.74, 6) is 0. The van der Waals surface area contributed by atoms with Gasteiger partial charge in [-0.3, -0.25) is 0 Å². The highest BCUT2D eigenvalue weighted by atomic mass is 16.1. The zero-order valence-corrected chi connectivity index (χ0v) is 9.56. The van der Waals surface area contributed by atoms with Crippen LogP contribution in [0, 0.1) is 0 Å². The predicted octanol–water partition coefficient (Wildman–Crippen LogP) is 4.00. The van der Waals surface area contributed by atoms with Gasteiger partial charge in [0.2, 0.25) is 0 Å². The van der Waals surface area contributed by atoms with Crippen LogP contribution in [0.15, 0.2) is 5.11 Å². The van der Waals surface area contributed by atoms with Crippen LogP contribution in [0.5, 0.6) is 0 Å². The van der Waals surface area contributed by atoms with E-state index in [9.17, 15) is 4.79 Å². The molecule has 0 aromatic heterocycles. The van der Waals surface area contributed by atoms with Gasteiger partial charge in [-0.2, -0.15) is 0 Å². The zero-order valence-electron chi connectivity index (χ0n) is 9.56. The summed E-state index contributed by atoms with van der Waals surface area (Å²) in [4.78, 5) is 13.1. The molecule has 15 heavy (non-hydrogen) atoms. The van der Waals surface area contributed by atoms with Gasteiger partial charge < -0.3 is 4.79 Å². The minimum absolute atomic E-state index is 0.453. The SMILES string of the molecule is CCCCCCCCCC(C=O)N=[N+]=[N-]. The van der Waals surface area contributed by atoms with Gasteiger partial charge in [0, 0.05) is 4.91 Å². The van der Waals surface area contributed by atoms with Crippen LogP contribution >= 0.6 is 0 Å². The third-order valence-electron chi connectivity index (χ3n) is 2.46. The Labute approximate surface area is 91.7 Å². The first kappa shape index (κ1) is 14.0. The normalized spacial score (nSPS) is 11.8. The molecule has 4 nitrogen and oxygen atoms in total. The van der Waals surface area contributed by atoms with E-state index in [2.05, 4.69) is 16.9 Å². The van der Waals surface area contributed by atoms with E-state index in [-0.39, 0.29) is 0 Å². The summed E-state index contributed by atoms with van der Waals surface area (Å²) in [7, 11) is 0. The van der Waals surface area contributed by atoms with Crippen molar-refractivity contribution in [3.05, 3.63) is 10.4 Å². The lowest BCUT2D eigenvalue weighted by atomic mass is 10.1. The van der Waals surface area contributed by atoms with E-state index in [4.69, 9.17) is 5.53 Å². The molecular weight excluding hydrogens is 190 g/mol. The first-order chi connectivity index (χ1) is 7.35. The molecule has 1 unspecified atom stereocenters. The Morgan fingerprint density at radius 2 is 1.80 bits per heavy atom. The molecule has 0 aliphatic rings. The molecule has 86 valence electrons. The Kier molecular flexibility index (Phi) is 10.3. The molecule has 0 spiro atoms. The second-order valence-corrected chi connectivity index (χ2v) is 3.82. The lowest BCUT2D eigenvalue weighted by Crippen LogP contribution is -2.03. The molecule has 0 bridgehead atoms. The number of aldehydes is 1. The molecule has 0 radical (unpaired) electrons. The summed E-state index contributed by atoms with van der Waals surface area (Å²) in [6.45, 7) is 2.20. The van der Waals surface area contributed by atoms with Crippen molar-refractivity contribution in [2.45, 2.75) is 64.3 Å². The number of hydrogen-bond acceptors (Lipinski definition) is 2. The van der Waals surface area contributed by atoms with Crippen molar-refractivity contribution in [3.8, 4) is 0 Å². The van der Waals surface area contributed by atoms with E-state index >= 15 is 0 Å². The van der Waals surface area contributed by atoms with E-state index in [1.54, 1.807) is 0 Å². The Balaban J connectivity index is 3.29. The van der Waals surface area contributed by atoms with Crippen LogP contribution in [-0.2, 0) is 4.79 Å². The molecule has 0 saturated heterocycles. The number of carbonyl (C=O) groups excluding carboxylic acids is 1. The molecule has 0 rings (SSSR count). The fraction of sp³-hybridized carbons (Fsp3) is 0.909. The van der Waals surface area contributed by atoms with Gasteiger partial charge in [0.15, 0.2) is 0 Å². The van der Waals surface area contributed by atoms with E-state index < -0.39 is 6.04 Å². The predicted molar refractivity (Wildman–Crippen MR) is 61.6 cm³/mol. The van der Waals surface area contributed by atoms with Gasteiger partial charge in [-0.05, 0) is 12.0 Å². The molecule has 0 heterocycles. The van der Waals surface area contributed by atoms with Crippen LogP contribution < -0.4 is 0 Å². The Hall–Kier alpha value is -1.02. The summed E-state index contributed by atoms with van der Waals surface area (Å²) in [6, 6.07) is -0.453. The summed E-state index contributed by atoms with van der Waals surface area (Å²) in [5, 5.41) is 3.40. The van der Waals surface area contributed by atoms with Gasteiger partial charge in [0.1, 0.15) is 6.29 Å². The lowest BCUT2D eigenvalue weighted by Gasteiger charge is -2.03. The van der Waals surface area contributed by atoms with Crippen molar-refractivity contribution < 1.29 is 4.79 Å². The topological polar surface area (TPSA) is 65.8 Å². The highest BCUT2D eigenvalue weighted by molar-refractivity contribution is 5.57. The Morgan fingerprint density at radius 1 is 1.20 bits per heavy atom. The van der Waals surface area contributed by atoms with Gasteiger partial charge in [-0.1, -0.05) is 57.0 Å². The average molecular weight is 211 g/mol. The Bertz CT molecular complexity index is 200. The van der Waals surface area contributed by atoms with Crippen molar-refractivity contribution in [1.82, 2.24) is 0 Å². The first-order valence-corrected chi connectivity index (χ1v) is 5.84. The number of hydrogen-bond donors (Lipinski definition) is 0. The third-order valence-corrected chi connectivity index (χ3v) is 2.46. The summed E-state index contributed by atoms with van der Waals surface area (Å²) < 4.78 is 0. The van der Waals surface area contributed by atoms with Crippen LogP contribution in [0.3, 0.4) is 0 Å². The summed E-state index contributed by atoms with van der Waals surface area (Å²) >= 11 is 0. The van der Waals surface area contributed by atoms with Crippen LogP contribution in [-0.4, -0.2) is 12.3 Å². The van der Waals surface area contributed by atoms with Gasteiger partial charge in [-0.25, -0.2) is 0 Å². The van der Waals surface area contributed by atoms with Crippen LogP contribution in [0.4, 0.5) is 0 Å². The molecule has 1 atom stereocenters. The molecule has 0 N–H and O–H groups in total.